The third-order valence-electron chi connectivity index (χ3n) is 2.47. The highest BCUT2D eigenvalue weighted by molar-refractivity contribution is 5.90. The number of rotatable bonds is 5. The first-order valence-electron chi connectivity index (χ1n) is 5.88. The van der Waals surface area contributed by atoms with Crippen LogP contribution in [0.25, 0.3) is 0 Å². The maximum atomic E-state index is 11.7. The summed E-state index contributed by atoms with van der Waals surface area (Å²) in [6, 6.07) is 3.73. The highest BCUT2D eigenvalue weighted by Crippen LogP contribution is 2.27. The Morgan fingerprint density at radius 2 is 2.21 bits per heavy atom. The monoisotopic (exact) mass is 264 g/mol. The number of nitrogens with two attached hydrogens (primary N) is 1. The molecular formula is C13H16N2O4. The Labute approximate surface area is 111 Å². The number of anilines is 1. The summed E-state index contributed by atoms with van der Waals surface area (Å²) in [4.78, 5) is 21.8. The number of carbonyl (C=O) groups is 1. The average Bonchev–Trinajstić information content (AvgIpc) is 2.38. The molecule has 0 fully saturated rings. The fourth-order valence-corrected chi connectivity index (χ4v) is 1.35. The summed E-state index contributed by atoms with van der Waals surface area (Å²) < 4.78 is 5.06. The Bertz CT molecular complexity index is 523. The zero-order valence-electron chi connectivity index (χ0n) is 10.9. The van der Waals surface area contributed by atoms with E-state index in [0.29, 0.717) is 5.57 Å². The lowest BCUT2D eigenvalue weighted by Gasteiger charge is -2.07. The van der Waals surface area contributed by atoms with E-state index in [1.165, 1.54) is 12.1 Å². The van der Waals surface area contributed by atoms with Gasteiger partial charge >= 0.3 is 5.97 Å². The minimum atomic E-state index is -0.573. The third kappa shape index (κ3) is 4.09. The number of nitrogen functional groups attached to an aromatic ring is 1. The van der Waals surface area contributed by atoms with E-state index in [4.69, 9.17) is 10.5 Å². The van der Waals surface area contributed by atoms with E-state index >= 15 is 0 Å². The predicted molar refractivity (Wildman–Crippen MR) is 71.8 cm³/mol. The van der Waals surface area contributed by atoms with E-state index < -0.39 is 10.9 Å². The lowest BCUT2D eigenvalue weighted by atomic mass is 10.2. The van der Waals surface area contributed by atoms with Crippen LogP contribution in [-0.2, 0) is 4.79 Å². The van der Waals surface area contributed by atoms with Crippen molar-refractivity contribution in [1.82, 2.24) is 0 Å². The van der Waals surface area contributed by atoms with E-state index in [9.17, 15) is 14.9 Å². The largest absolute Gasteiger partial charge is 0.421 e. The van der Waals surface area contributed by atoms with Crippen molar-refractivity contribution in [3.8, 4) is 5.75 Å². The van der Waals surface area contributed by atoms with E-state index in [1.807, 2.05) is 6.92 Å². The van der Waals surface area contributed by atoms with Gasteiger partial charge in [-0.1, -0.05) is 19.4 Å². The molecule has 6 heteroatoms. The standard InChI is InChI=1S/C13H16N2O4/c1-3-4-5-9(2)13(16)19-12-8-10(15(17)18)6-7-11(12)14/h5-8H,3-4,14H2,1-2H3. The van der Waals surface area contributed by atoms with E-state index in [1.54, 1.807) is 13.0 Å². The molecule has 0 aliphatic carbocycles. The van der Waals surface area contributed by atoms with E-state index in [0.717, 1.165) is 18.9 Å². The average molecular weight is 264 g/mol. The quantitative estimate of drug-likeness (QED) is 0.220. The van der Waals surface area contributed by atoms with Gasteiger partial charge in [-0.05, 0) is 19.4 Å². The van der Waals surface area contributed by atoms with Crippen LogP contribution in [0.1, 0.15) is 26.7 Å². The maximum absolute atomic E-state index is 11.7. The van der Waals surface area contributed by atoms with Crippen molar-refractivity contribution >= 4 is 17.3 Å². The molecule has 0 aliphatic heterocycles. The molecule has 0 saturated heterocycles. The maximum Gasteiger partial charge on any atom is 0.338 e. The lowest BCUT2D eigenvalue weighted by molar-refractivity contribution is -0.384. The first-order valence-corrected chi connectivity index (χ1v) is 5.88. The highest BCUT2D eigenvalue weighted by atomic mass is 16.6. The van der Waals surface area contributed by atoms with Crippen LogP contribution in [0.4, 0.5) is 11.4 Å². The molecule has 102 valence electrons. The first kappa shape index (κ1) is 14.7. The van der Waals surface area contributed by atoms with Gasteiger partial charge in [0.15, 0.2) is 5.75 Å². The van der Waals surface area contributed by atoms with Gasteiger partial charge in [0.2, 0.25) is 0 Å². The molecular weight excluding hydrogens is 248 g/mol. The summed E-state index contributed by atoms with van der Waals surface area (Å²) in [5.41, 5.74) is 6.08. The second kappa shape index (κ2) is 6.53. The molecule has 0 amide bonds. The minimum absolute atomic E-state index is 0.00319. The van der Waals surface area contributed by atoms with Gasteiger partial charge in [0.25, 0.3) is 5.69 Å². The van der Waals surface area contributed by atoms with E-state index in [-0.39, 0.29) is 17.1 Å². The van der Waals surface area contributed by atoms with Gasteiger partial charge in [-0.15, -0.1) is 0 Å². The van der Waals surface area contributed by atoms with Crippen LogP contribution in [0, 0.1) is 10.1 Å². The zero-order valence-corrected chi connectivity index (χ0v) is 10.9. The summed E-state index contributed by atoms with van der Waals surface area (Å²) in [5.74, 6) is -0.552. The van der Waals surface area contributed by atoms with Crippen molar-refractivity contribution in [2.75, 3.05) is 5.73 Å². The molecule has 0 aliphatic rings. The molecule has 0 heterocycles. The summed E-state index contributed by atoms with van der Waals surface area (Å²) >= 11 is 0. The predicted octanol–water partition coefficient (Wildman–Crippen LogP) is 2.83. The van der Waals surface area contributed by atoms with Crippen LogP contribution in [0.15, 0.2) is 29.8 Å². The summed E-state index contributed by atoms with van der Waals surface area (Å²) in [5, 5.41) is 10.6. The Morgan fingerprint density at radius 1 is 1.53 bits per heavy atom. The molecule has 6 nitrogen and oxygen atoms in total. The first-order chi connectivity index (χ1) is 8.95. The Morgan fingerprint density at radius 3 is 2.79 bits per heavy atom. The number of ether oxygens (including phenoxy) is 1. The number of hydrogen-bond donors (Lipinski definition) is 1. The van der Waals surface area contributed by atoms with Gasteiger partial charge < -0.3 is 10.5 Å². The normalized spacial score (nSPS) is 11.2. The van der Waals surface area contributed by atoms with Gasteiger partial charge in [0, 0.05) is 11.6 Å². The molecule has 0 atom stereocenters. The van der Waals surface area contributed by atoms with E-state index in [2.05, 4.69) is 0 Å². The molecule has 19 heavy (non-hydrogen) atoms. The fourth-order valence-electron chi connectivity index (χ4n) is 1.35. The smallest absolute Gasteiger partial charge is 0.338 e. The number of unbranched alkanes of at least 4 members (excludes halogenated alkanes) is 1. The molecule has 0 aromatic heterocycles. The van der Waals surface area contributed by atoms with Crippen LogP contribution in [0.2, 0.25) is 0 Å². The molecule has 1 rings (SSSR count). The molecule has 1 aromatic carbocycles. The number of nitro benzene ring substituents is 1. The topological polar surface area (TPSA) is 95.5 Å². The summed E-state index contributed by atoms with van der Waals surface area (Å²) in [6.45, 7) is 3.62. The second-order valence-electron chi connectivity index (χ2n) is 4.04. The van der Waals surface area contributed by atoms with Crippen molar-refractivity contribution in [3.05, 3.63) is 40.0 Å². The number of esters is 1. The number of non-ortho nitro benzene ring substituents is 1. The second-order valence-corrected chi connectivity index (χ2v) is 4.04. The van der Waals surface area contributed by atoms with Gasteiger partial charge in [-0.25, -0.2) is 4.79 Å². The van der Waals surface area contributed by atoms with Crippen molar-refractivity contribution in [3.63, 3.8) is 0 Å². The minimum Gasteiger partial charge on any atom is -0.421 e. The summed E-state index contributed by atoms with van der Waals surface area (Å²) in [7, 11) is 0. The third-order valence-corrected chi connectivity index (χ3v) is 2.47. The van der Waals surface area contributed by atoms with Crippen LogP contribution >= 0.6 is 0 Å². The SMILES string of the molecule is CCCC=C(C)C(=O)Oc1cc([N+](=O)[O-])ccc1N. The molecule has 0 saturated carbocycles. The Hall–Kier alpha value is -2.37. The van der Waals surface area contributed by atoms with Crippen LogP contribution < -0.4 is 10.5 Å². The Kier molecular flexibility index (Phi) is 5.05. The zero-order chi connectivity index (χ0) is 14.4. The van der Waals surface area contributed by atoms with Crippen molar-refractivity contribution in [2.24, 2.45) is 0 Å². The van der Waals surface area contributed by atoms with Gasteiger partial charge in [0.05, 0.1) is 16.7 Å². The van der Waals surface area contributed by atoms with Gasteiger partial charge in [-0.3, -0.25) is 10.1 Å². The molecule has 0 bridgehead atoms. The van der Waals surface area contributed by atoms with Crippen molar-refractivity contribution < 1.29 is 14.5 Å². The molecule has 2 N–H and O–H groups in total. The molecule has 1 aromatic rings. The van der Waals surface area contributed by atoms with Gasteiger partial charge in [-0.2, -0.15) is 0 Å². The number of benzene rings is 1. The van der Waals surface area contributed by atoms with Crippen molar-refractivity contribution in [2.45, 2.75) is 26.7 Å². The van der Waals surface area contributed by atoms with Crippen molar-refractivity contribution in [1.29, 1.82) is 0 Å². The molecule has 0 unspecified atom stereocenters. The highest BCUT2D eigenvalue weighted by Gasteiger charge is 2.14. The van der Waals surface area contributed by atoms with Gasteiger partial charge in [0.1, 0.15) is 0 Å². The van der Waals surface area contributed by atoms with Crippen LogP contribution in [0.3, 0.4) is 0 Å². The lowest BCUT2D eigenvalue weighted by Crippen LogP contribution is -2.10. The molecule has 0 radical (unpaired) electrons. The summed E-state index contributed by atoms with van der Waals surface area (Å²) in [6.07, 6.45) is 3.45. The fraction of sp³-hybridized carbons (Fsp3) is 0.308. The Balaban J connectivity index is 2.90. The number of allylic oxidation sites excluding steroid dienone is 1. The number of carbonyl (C=O) groups excluding carboxylic acids is 1. The number of nitro groups is 1. The van der Waals surface area contributed by atoms with Crippen LogP contribution in [0.5, 0.6) is 5.75 Å². The number of hydrogen-bond acceptors (Lipinski definition) is 5. The number of nitrogens with zero attached hydrogens (tertiary/aromatic N) is 1. The van der Waals surface area contributed by atoms with Crippen LogP contribution in [-0.4, -0.2) is 10.9 Å². The molecule has 0 spiro atoms.